The Morgan fingerprint density at radius 2 is 1.82 bits per heavy atom. The van der Waals surface area contributed by atoms with E-state index >= 15 is 0 Å². The SMILES string of the molecule is Cc1cc(NSc2ccc(-c3ccc(F)cc3F)cc2)no1. The number of hydrogen-bond acceptors (Lipinski definition) is 4. The molecule has 3 aromatic rings. The van der Waals surface area contributed by atoms with E-state index in [1.54, 1.807) is 18.2 Å². The molecule has 112 valence electrons. The molecule has 0 aliphatic heterocycles. The first-order valence-corrected chi connectivity index (χ1v) is 7.35. The summed E-state index contributed by atoms with van der Waals surface area (Å²) in [7, 11) is 0. The molecule has 1 heterocycles. The van der Waals surface area contributed by atoms with Gasteiger partial charge in [0.15, 0.2) is 5.82 Å². The highest BCUT2D eigenvalue weighted by Crippen LogP contribution is 2.27. The van der Waals surface area contributed by atoms with Crippen molar-refractivity contribution in [3.05, 3.63) is 65.9 Å². The van der Waals surface area contributed by atoms with E-state index in [9.17, 15) is 8.78 Å². The summed E-state index contributed by atoms with van der Waals surface area (Å²) >= 11 is 1.37. The highest BCUT2D eigenvalue weighted by Gasteiger charge is 2.07. The largest absolute Gasteiger partial charge is 0.360 e. The monoisotopic (exact) mass is 318 g/mol. The molecular weight excluding hydrogens is 306 g/mol. The molecule has 22 heavy (non-hydrogen) atoms. The Morgan fingerprint density at radius 3 is 2.45 bits per heavy atom. The highest BCUT2D eigenvalue weighted by atomic mass is 32.2. The van der Waals surface area contributed by atoms with Gasteiger partial charge in [0, 0.05) is 22.6 Å². The molecule has 3 rings (SSSR count). The van der Waals surface area contributed by atoms with Crippen LogP contribution in [0.2, 0.25) is 0 Å². The molecule has 0 saturated heterocycles. The summed E-state index contributed by atoms with van der Waals surface area (Å²) in [6.45, 7) is 1.81. The maximum absolute atomic E-state index is 13.7. The van der Waals surface area contributed by atoms with Crippen molar-refractivity contribution >= 4 is 17.8 Å². The van der Waals surface area contributed by atoms with Crippen molar-refractivity contribution < 1.29 is 13.3 Å². The van der Waals surface area contributed by atoms with E-state index in [0.29, 0.717) is 16.9 Å². The van der Waals surface area contributed by atoms with E-state index < -0.39 is 11.6 Å². The maximum atomic E-state index is 13.7. The number of nitrogens with one attached hydrogen (secondary N) is 1. The molecule has 1 N–H and O–H groups in total. The van der Waals surface area contributed by atoms with Crippen molar-refractivity contribution in [1.82, 2.24) is 5.16 Å². The van der Waals surface area contributed by atoms with Crippen LogP contribution in [0.25, 0.3) is 11.1 Å². The smallest absolute Gasteiger partial charge is 0.179 e. The standard InChI is InChI=1S/C16H12F2N2OS/c1-10-8-16(19-21-10)20-22-13-5-2-11(3-6-13)14-7-4-12(17)9-15(14)18/h2-9H,1H3,(H,19,20). The lowest BCUT2D eigenvalue weighted by atomic mass is 10.1. The van der Waals surface area contributed by atoms with Crippen LogP contribution in [0.4, 0.5) is 14.6 Å². The van der Waals surface area contributed by atoms with Gasteiger partial charge in [-0.3, -0.25) is 0 Å². The van der Waals surface area contributed by atoms with Crippen LogP contribution in [0.3, 0.4) is 0 Å². The number of aromatic nitrogens is 1. The molecule has 0 spiro atoms. The fraction of sp³-hybridized carbons (Fsp3) is 0.0625. The van der Waals surface area contributed by atoms with Crippen LogP contribution in [0, 0.1) is 18.6 Å². The second-order valence-corrected chi connectivity index (χ2v) is 5.56. The van der Waals surface area contributed by atoms with Crippen molar-refractivity contribution in [2.75, 3.05) is 4.72 Å². The molecule has 0 atom stereocenters. The normalized spacial score (nSPS) is 10.7. The van der Waals surface area contributed by atoms with Crippen LogP contribution in [0.5, 0.6) is 0 Å². The minimum atomic E-state index is -0.583. The minimum Gasteiger partial charge on any atom is -0.360 e. The van der Waals surface area contributed by atoms with Gasteiger partial charge >= 0.3 is 0 Å². The average molecular weight is 318 g/mol. The Labute approximate surface area is 130 Å². The van der Waals surface area contributed by atoms with E-state index in [-0.39, 0.29) is 0 Å². The van der Waals surface area contributed by atoms with Crippen LogP contribution in [-0.2, 0) is 0 Å². The molecule has 0 aliphatic carbocycles. The Kier molecular flexibility index (Phi) is 4.11. The Morgan fingerprint density at radius 1 is 1.05 bits per heavy atom. The number of aryl methyl sites for hydroxylation is 1. The predicted molar refractivity (Wildman–Crippen MR) is 82.5 cm³/mol. The van der Waals surface area contributed by atoms with Crippen molar-refractivity contribution in [3.8, 4) is 11.1 Å². The van der Waals surface area contributed by atoms with Crippen molar-refractivity contribution in [2.45, 2.75) is 11.8 Å². The number of benzene rings is 2. The zero-order valence-electron chi connectivity index (χ0n) is 11.6. The third-order valence-corrected chi connectivity index (χ3v) is 3.82. The topological polar surface area (TPSA) is 38.1 Å². The number of nitrogens with zero attached hydrogens (tertiary/aromatic N) is 1. The quantitative estimate of drug-likeness (QED) is 0.683. The molecule has 0 fully saturated rings. The Hall–Kier alpha value is -2.34. The molecule has 6 heteroatoms. The van der Waals surface area contributed by atoms with Gasteiger partial charge in [-0.1, -0.05) is 17.3 Å². The summed E-state index contributed by atoms with van der Waals surface area (Å²) in [6, 6.07) is 12.6. The van der Waals surface area contributed by atoms with Gasteiger partial charge in [-0.25, -0.2) is 8.78 Å². The summed E-state index contributed by atoms with van der Waals surface area (Å²) in [6.07, 6.45) is 0. The fourth-order valence-corrected chi connectivity index (χ4v) is 2.54. The molecule has 0 bridgehead atoms. The van der Waals surface area contributed by atoms with Gasteiger partial charge < -0.3 is 9.25 Å². The van der Waals surface area contributed by atoms with Gasteiger partial charge in [0.05, 0.1) is 0 Å². The van der Waals surface area contributed by atoms with Crippen LogP contribution in [0.1, 0.15) is 5.76 Å². The molecular formula is C16H12F2N2OS. The average Bonchev–Trinajstić information content (AvgIpc) is 2.92. The molecule has 0 unspecified atom stereocenters. The second-order valence-electron chi connectivity index (χ2n) is 4.68. The number of halogens is 2. The van der Waals surface area contributed by atoms with E-state index in [1.165, 1.54) is 24.1 Å². The van der Waals surface area contributed by atoms with E-state index in [2.05, 4.69) is 9.88 Å². The zero-order chi connectivity index (χ0) is 15.5. The minimum absolute atomic E-state index is 0.373. The second kappa shape index (κ2) is 6.19. The number of rotatable bonds is 4. The van der Waals surface area contributed by atoms with Crippen LogP contribution < -0.4 is 4.72 Å². The van der Waals surface area contributed by atoms with Crippen molar-refractivity contribution in [2.24, 2.45) is 0 Å². The molecule has 0 aliphatic rings. The van der Waals surface area contributed by atoms with Crippen LogP contribution in [0.15, 0.2) is 57.9 Å². The summed E-state index contributed by atoms with van der Waals surface area (Å²) in [4.78, 5) is 0.937. The van der Waals surface area contributed by atoms with Crippen LogP contribution >= 0.6 is 11.9 Å². The van der Waals surface area contributed by atoms with Gasteiger partial charge in [-0.15, -0.1) is 0 Å². The fourth-order valence-electron chi connectivity index (χ4n) is 1.95. The molecule has 2 aromatic carbocycles. The third kappa shape index (κ3) is 3.28. The van der Waals surface area contributed by atoms with Gasteiger partial charge in [-0.05, 0) is 48.7 Å². The first-order chi connectivity index (χ1) is 10.6. The molecule has 0 radical (unpaired) electrons. The first kappa shape index (κ1) is 14.6. The van der Waals surface area contributed by atoms with E-state index in [4.69, 9.17) is 4.52 Å². The Balaban J connectivity index is 1.72. The van der Waals surface area contributed by atoms with Gasteiger partial charge in [-0.2, -0.15) is 0 Å². The number of hydrogen-bond donors (Lipinski definition) is 1. The Bertz CT molecular complexity index is 787. The highest BCUT2D eigenvalue weighted by molar-refractivity contribution is 8.00. The van der Waals surface area contributed by atoms with E-state index in [0.717, 1.165) is 16.7 Å². The molecule has 1 aromatic heterocycles. The summed E-state index contributed by atoms with van der Waals surface area (Å²) < 4.78 is 34.7. The summed E-state index contributed by atoms with van der Waals surface area (Å²) in [5.74, 6) is 0.207. The third-order valence-electron chi connectivity index (χ3n) is 3.00. The first-order valence-electron chi connectivity index (χ1n) is 6.53. The van der Waals surface area contributed by atoms with Gasteiger partial charge in [0.2, 0.25) is 0 Å². The lowest BCUT2D eigenvalue weighted by Gasteiger charge is -2.06. The number of anilines is 1. The summed E-state index contributed by atoms with van der Waals surface area (Å²) in [5, 5.41) is 3.82. The molecule has 3 nitrogen and oxygen atoms in total. The molecule has 0 amide bonds. The lowest BCUT2D eigenvalue weighted by molar-refractivity contribution is 0.400. The lowest BCUT2D eigenvalue weighted by Crippen LogP contribution is -1.88. The predicted octanol–water partition coefficient (Wildman–Crippen LogP) is 5.05. The summed E-state index contributed by atoms with van der Waals surface area (Å²) in [5.41, 5.74) is 1.07. The van der Waals surface area contributed by atoms with Crippen LogP contribution in [-0.4, -0.2) is 5.16 Å². The van der Waals surface area contributed by atoms with Crippen molar-refractivity contribution in [1.29, 1.82) is 0 Å². The zero-order valence-corrected chi connectivity index (χ0v) is 12.5. The van der Waals surface area contributed by atoms with Gasteiger partial charge in [0.25, 0.3) is 0 Å². The molecule has 0 saturated carbocycles. The van der Waals surface area contributed by atoms with Gasteiger partial charge in [0.1, 0.15) is 17.4 Å². The van der Waals surface area contributed by atoms with Crippen molar-refractivity contribution in [3.63, 3.8) is 0 Å². The maximum Gasteiger partial charge on any atom is 0.179 e. The van der Waals surface area contributed by atoms with E-state index in [1.807, 2.05) is 19.1 Å².